The number of amides is 1. The van der Waals surface area contributed by atoms with Crippen LogP contribution in [0, 0.1) is 0 Å². The van der Waals surface area contributed by atoms with Crippen molar-refractivity contribution in [3.05, 3.63) is 29.8 Å². The molecule has 2 aliphatic rings. The summed E-state index contributed by atoms with van der Waals surface area (Å²) in [5.74, 6) is 0.431. The van der Waals surface area contributed by atoms with E-state index in [0.717, 1.165) is 44.7 Å². The van der Waals surface area contributed by atoms with Crippen molar-refractivity contribution < 1.29 is 9.53 Å². The van der Waals surface area contributed by atoms with Crippen molar-refractivity contribution in [2.75, 3.05) is 32.8 Å². The van der Waals surface area contributed by atoms with Crippen LogP contribution in [0.25, 0.3) is 11.4 Å². The highest BCUT2D eigenvalue weighted by atomic mass is 16.5. The Morgan fingerprint density at radius 1 is 1.22 bits per heavy atom. The zero-order chi connectivity index (χ0) is 18.5. The summed E-state index contributed by atoms with van der Waals surface area (Å²) in [5, 5.41) is 17.2. The maximum Gasteiger partial charge on any atom is 0.251 e. The first-order valence-corrected chi connectivity index (χ1v) is 9.72. The normalized spacial score (nSPS) is 20.3. The SMILES string of the molecule is O=C(NCC1(N2CCOCC2)CCCCC1)c1cccc(-c2nn[nH]n2)c1. The van der Waals surface area contributed by atoms with Gasteiger partial charge in [-0.25, -0.2) is 0 Å². The average molecular weight is 370 g/mol. The number of morpholine rings is 1. The van der Waals surface area contributed by atoms with Crippen molar-refractivity contribution in [3.63, 3.8) is 0 Å². The highest BCUT2D eigenvalue weighted by Crippen LogP contribution is 2.34. The van der Waals surface area contributed by atoms with E-state index in [1.807, 2.05) is 24.3 Å². The number of tetrazole rings is 1. The quantitative estimate of drug-likeness (QED) is 0.830. The van der Waals surface area contributed by atoms with Gasteiger partial charge in [0.15, 0.2) is 0 Å². The van der Waals surface area contributed by atoms with E-state index in [1.54, 1.807) is 0 Å². The van der Waals surface area contributed by atoms with Crippen LogP contribution in [0.1, 0.15) is 42.5 Å². The molecule has 1 amide bonds. The Balaban J connectivity index is 1.46. The summed E-state index contributed by atoms with van der Waals surface area (Å²) >= 11 is 0. The van der Waals surface area contributed by atoms with Crippen LogP contribution in [0.2, 0.25) is 0 Å². The van der Waals surface area contributed by atoms with Gasteiger partial charge in [-0.1, -0.05) is 31.4 Å². The summed E-state index contributed by atoms with van der Waals surface area (Å²) in [6.07, 6.45) is 6.00. The highest BCUT2D eigenvalue weighted by Gasteiger charge is 2.38. The predicted octanol–water partition coefficient (Wildman–Crippen LogP) is 1.63. The number of hydrogen-bond acceptors (Lipinski definition) is 6. The van der Waals surface area contributed by atoms with Crippen LogP contribution < -0.4 is 5.32 Å². The predicted molar refractivity (Wildman–Crippen MR) is 100 cm³/mol. The van der Waals surface area contributed by atoms with Crippen LogP contribution in [-0.2, 0) is 4.74 Å². The first-order valence-electron chi connectivity index (χ1n) is 9.72. The van der Waals surface area contributed by atoms with E-state index < -0.39 is 0 Å². The molecule has 1 aromatic heterocycles. The van der Waals surface area contributed by atoms with Crippen LogP contribution >= 0.6 is 0 Å². The lowest BCUT2D eigenvalue weighted by Crippen LogP contribution is -2.59. The molecular formula is C19H26N6O2. The second-order valence-corrected chi connectivity index (χ2v) is 7.38. The van der Waals surface area contributed by atoms with E-state index >= 15 is 0 Å². The van der Waals surface area contributed by atoms with Crippen LogP contribution in [0.5, 0.6) is 0 Å². The lowest BCUT2D eigenvalue weighted by atomic mass is 9.79. The fourth-order valence-electron chi connectivity index (χ4n) is 4.28. The zero-order valence-electron chi connectivity index (χ0n) is 15.5. The molecule has 2 aromatic rings. The monoisotopic (exact) mass is 370 g/mol. The standard InChI is InChI=1S/C19H26N6O2/c26-18(16-6-4-5-15(13-16)17-21-23-24-22-17)20-14-19(7-2-1-3-8-19)25-9-11-27-12-10-25/h4-6,13H,1-3,7-12,14H2,(H,20,26)(H,21,22,23,24). The summed E-state index contributed by atoms with van der Waals surface area (Å²) in [5.41, 5.74) is 1.45. The first kappa shape index (κ1) is 18.1. The van der Waals surface area contributed by atoms with Crippen LogP contribution in [0.4, 0.5) is 0 Å². The van der Waals surface area contributed by atoms with E-state index in [9.17, 15) is 4.79 Å². The molecule has 0 spiro atoms. The molecule has 4 rings (SSSR count). The molecule has 2 N–H and O–H groups in total. The third-order valence-corrected chi connectivity index (χ3v) is 5.77. The topological polar surface area (TPSA) is 96.0 Å². The van der Waals surface area contributed by atoms with Gasteiger partial charge in [0.25, 0.3) is 5.91 Å². The van der Waals surface area contributed by atoms with Gasteiger partial charge in [-0.15, -0.1) is 10.2 Å². The molecular weight excluding hydrogens is 344 g/mol. The Labute approximate surface area is 158 Å². The molecule has 0 bridgehead atoms. The minimum atomic E-state index is -0.0569. The Bertz CT molecular complexity index is 751. The molecule has 1 aromatic carbocycles. The Kier molecular flexibility index (Phi) is 5.45. The number of benzene rings is 1. The fourth-order valence-corrected chi connectivity index (χ4v) is 4.28. The number of carbonyl (C=O) groups excluding carboxylic acids is 1. The van der Waals surface area contributed by atoms with Crippen LogP contribution in [-0.4, -0.2) is 69.8 Å². The summed E-state index contributed by atoms with van der Waals surface area (Å²) in [4.78, 5) is 15.3. The molecule has 0 atom stereocenters. The largest absolute Gasteiger partial charge is 0.379 e. The van der Waals surface area contributed by atoms with Crippen molar-refractivity contribution in [1.82, 2.24) is 30.8 Å². The Morgan fingerprint density at radius 3 is 2.78 bits per heavy atom. The number of aromatic nitrogens is 4. The molecule has 27 heavy (non-hydrogen) atoms. The number of ether oxygens (including phenoxy) is 1. The van der Waals surface area contributed by atoms with Gasteiger partial charge in [-0.05, 0) is 30.2 Å². The molecule has 1 aliphatic carbocycles. The van der Waals surface area contributed by atoms with E-state index in [4.69, 9.17) is 4.74 Å². The number of carbonyl (C=O) groups is 1. The third kappa shape index (κ3) is 4.01. The summed E-state index contributed by atoms with van der Waals surface area (Å²) in [6.45, 7) is 4.13. The molecule has 2 fully saturated rings. The number of H-pyrrole nitrogens is 1. The first-order chi connectivity index (χ1) is 13.3. The minimum absolute atomic E-state index is 0.0569. The maximum absolute atomic E-state index is 12.8. The number of nitrogens with one attached hydrogen (secondary N) is 2. The van der Waals surface area contributed by atoms with Gasteiger partial charge < -0.3 is 10.1 Å². The van der Waals surface area contributed by atoms with E-state index in [0.29, 0.717) is 17.9 Å². The van der Waals surface area contributed by atoms with Gasteiger partial charge in [0.2, 0.25) is 5.82 Å². The van der Waals surface area contributed by atoms with E-state index in [2.05, 4.69) is 30.8 Å². The third-order valence-electron chi connectivity index (χ3n) is 5.77. The van der Waals surface area contributed by atoms with E-state index in [1.165, 1.54) is 19.3 Å². The average Bonchev–Trinajstić information content (AvgIpc) is 3.28. The molecule has 8 nitrogen and oxygen atoms in total. The molecule has 2 heterocycles. The fraction of sp³-hybridized carbons (Fsp3) is 0.579. The molecule has 1 saturated heterocycles. The van der Waals surface area contributed by atoms with Crippen molar-refractivity contribution in [3.8, 4) is 11.4 Å². The van der Waals surface area contributed by atoms with Crippen molar-refractivity contribution >= 4 is 5.91 Å². The smallest absolute Gasteiger partial charge is 0.251 e. The van der Waals surface area contributed by atoms with Crippen molar-refractivity contribution in [2.45, 2.75) is 37.6 Å². The number of rotatable bonds is 5. The molecule has 144 valence electrons. The van der Waals surface area contributed by atoms with Gasteiger partial charge in [0.05, 0.1) is 13.2 Å². The molecule has 1 saturated carbocycles. The lowest BCUT2D eigenvalue weighted by Gasteiger charge is -2.48. The number of aromatic amines is 1. The summed E-state index contributed by atoms with van der Waals surface area (Å²) < 4.78 is 5.53. The van der Waals surface area contributed by atoms with Gasteiger partial charge >= 0.3 is 0 Å². The Morgan fingerprint density at radius 2 is 2.04 bits per heavy atom. The van der Waals surface area contributed by atoms with Crippen LogP contribution in [0.15, 0.2) is 24.3 Å². The number of hydrogen-bond donors (Lipinski definition) is 2. The second-order valence-electron chi connectivity index (χ2n) is 7.38. The van der Waals surface area contributed by atoms with Crippen LogP contribution in [0.3, 0.4) is 0 Å². The second kappa shape index (κ2) is 8.14. The molecule has 0 unspecified atom stereocenters. The van der Waals surface area contributed by atoms with Crippen molar-refractivity contribution in [2.24, 2.45) is 0 Å². The van der Waals surface area contributed by atoms with Gasteiger partial charge in [0.1, 0.15) is 0 Å². The van der Waals surface area contributed by atoms with Gasteiger partial charge in [0, 0.05) is 36.3 Å². The highest BCUT2D eigenvalue weighted by molar-refractivity contribution is 5.95. The van der Waals surface area contributed by atoms with Gasteiger partial charge in [-0.3, -0.25) is 9.69 Å². The number of nitrogens with zero attached hydrogens (tertiary/aromatic N) is 4. The molecule has 1 aliphatic heterocycles. The molecule has 8 heteroatoms. The zero-order valence-corrected chi connectivity index (χ0v) is 15.5. The maximum atomic E-state index is 12.8. The van der Waals surface area contributed by atoms with Gasteiger partial charge in [-0.2, -0.15) is 5.21 Å². The molecule has 0 radical (unpaired) electrons. The minimum Gasteiger partial charge on any atom is -0.379 e. The summed E-state index contributed by atoms with van der Waals surface area (Å²) in [6, 6.07) is 7.35. The van der Waals surface area contributed by atoms with Crippen molar-refractivity contribution in [1.29, 1.82) is 0 Å². The van der Waals surface area contributed by atoms with E-state index in [-0.39, 0.29) is 11.4 Å². The Hall–Kier alpha value is -2.32. The lowest BCUT2D eigenvalue weighted by molar-refractivity contribution is -0.0361. The summed E-state index contributed by atoms with van der Waals surface area (Å²) in [7, 11) is 0.